The van der Waals surface area contributed by atoms with Crippen LogP contribution in [-0.4, -0.2) is 20.5 Å². The zero-order valence-corrected chi connectivity index (χ0v) is 9.46. The number of nitrogens with zero attached hydrogens (tertiary/aromatic N) is 2. The Balaban J connectivity index is 2.16. The first kappa shape index (κ1) is 9.72. The van der Waals surface area contributed by atoms with Crippen molar-refractivity contribution in [1.82, 2.24) is 14.8 Å². The summed E-state index contributed by atoms with van der Waals surface area (Å²) in [6, 6.07) is 5.55. The van der Waals surface area contributed by atoms with Crippen molar-refractivity contribution >= 4 is 11.8 Å². The average Bonchev–Trinajstić information content (AvgIpc) is 2.69. The topological polar surface area (TPSA) is 50.7 Å². The van der Waals surface area contributed by atoms with Crippen molar-refractivity contribution in [3.8, 4) is 5.82 Å². The van der Waals surface area contributed by atoms with E-state index in [0.717, 1.165) is 29.2 Å². The monoisotopic (exact) mass is 233 g/mol. The highest BCUT2D eigenvalue weighted by molar-refractivity contribution is 7.98. The molecule has 0 radical (unpaired) electrons. The molecule has 1 aliphatic heterocycles. The molecule has 0 fully saturated rings. The van der Waals surface area contributed by atoms with E-state index in [4.69, 9.17) is 0 Å². The molecule has 1 N–H and O–H groups in total. The Morgan fingerprint density at radius 1 is 1.44 bits per heavy atom. The number of aromatic amines is 1. The number of H-pyrrole nitrogens is 1. The van der Waals surface area contributed by atoms with E-state index in [1.807, 2.05) is 18.2 Å². The smallest absolute Gasteiger partial charge is 0.276 e. The number of aryl methyl sites for hydroxylation is 1. The summed E-state index contributed by atoms with van der Waals surface area (Å²) in [4.78, 5) is 16.3. The van der Waals surface area contributed by atoms with Gasteiger partial charge in [0.05, 0.1) is 5.56 Å². The van der Waals surface area contributed by atoms with Crippen LogP contribution in [0.5, 0.6) is 0 Å². The minimum atomic E-state index is 0.0425. The molecule has 3 heterocycles. The number of rotatable bonds is 1. The van der Waals surface area contributed by atoms with Gasteiger partial charge < -0.3 is 0 Å². The fourth-order valence-electron chi connectivity index (χ4n) is 1.87. The maximum Gasteiger partial charge on any atom is 0.276 e. The Kier molecular flexibility index (Phi) is 2.32. The third-order valence-electron chi connectivity index (χ3n) is 2.69. The second-order valence-electron chi connectivity index (χ2n) is 3.70. The highest BCUT2D eigenvalue weighted by atomic mass is 32.2. The lowest BCUT2D eigenvalue weighted by Crippen LogP contribution is -2.18. The molecule has 2 aromatic rings. The molecule has 0 amide bonds. The molecular formula is C11H11N3OS. The first-order valence-electron chi connectivity index (χ1n) is 5.18. The zero-order chi connectivity index (χ0) is 11.0. The van der Waals surface area contributed by atoms with Gasteiger partial charge in [0.15, 0.2) is 5.82 Å². The van der Waals surface area contributed by atoms with E-state index in [0.29, 0.717) is 5.82 Å². The lowest BCUT2D eigenvalue weighted by Gasteiger charge is -2.07. The summed E-state index contributed by atoms with van der Waals surface area (Å²) >= 11 is 1.81. The molecule has 0 saturated heterocycles. The van der Waals surface area contributed by atoms with Crippen LogP contribution in [0, 0.1) is 0 Å². The van der Waals surface area contributed by atoms with E-state index in [1.165, 1.54) is 4.68 Å². The number of thioether (sulfide) groups is 1. The van der Waals surface area contributed by atoms with Gasteiger partial charge in [0, 0.05) is 17.6 Å². The Morgan fingerprint density at radius 2 is 2.38 bits per heavy atom. The van der Waals surface area contributed by atoms with Crippen molar-refractivity contribution < 1.29 is 0 Å². The van der Waals surface area contributed by atoms with E-state index in [2.05, 4.69) is 10.1 Å². The molecule has 0 aliphatic carbocycles. The summed E-state index contributed by atoms with van der Waals surface area (Å²) in [6.07, 6.45) is 2.63. The predicted molar refractivity (Wildman–Crippen MR) is 64.1 cm³/mol. The molecule has 0 atom stereocenters. The minimum Gasteiger partial charge on any atom is -0.293 e. The van der Waals surface area contributed by atoms with Gasteiger partial charge in [0.1, 0.15) is 0 Å². The molecule has 0 unspecified atom stereocenters. The average molecular weight is 233 g/mol. The van der Waals surface area contributed by atoms with Gasteiger partial charge in [0.2, 0.25) is 0 Å². The van der Waals surface area contributed by atoms with E-state index < -0.39 is 0 Å². The van der Waals surface area contributed by atoms with Crippen molar-refractivity contribution in [3.63, 3.8) is 0 Å². The van der Waals surface area contributed by atoms with Crippen LogP contribution in [0.4, 0.5) is 0 Å². The van der Waals surface area contributed by atoms with Gasteiger partial charge in [-0.15, -0.1) is 0 Å². The van der Waals surface area contributed by atoms with E-state index >= 15 is 0 Å². The number of pyridine rings is 1. The molecule has 0 saturated carbocycles. The van der Waals surface area contributed by atoms with Gasteiger partial charge >= 0.3 is 0 Å². The van der Waals surface area contributed by atoms with Crippen LogP contribution in [0.1, 0.15) is 11.3 Å². The molecule has 1 aliphatic rings. The minimum absolute atomic E-state index is 0.0425. The van der Waals surface area contributed by atoms with Crippen LogP contribution < -0.4 is 5.56 Å². The summed E-state index contributed by atoms with van der Waals surface area (Å²) in [5.74, 6) is 2.55. The molecule has 0 spiro atoms. The van der Waals surface area contributed by atoms with Crippen LogP contribution in [0.15, 0.2) is 29.2 Å². The van der Waals surface area contributed by atoms with E-state index in [-0.39, 0.29) is 5.56 Å². The fraction of sp³-hybridized carbons (Fsp3) is 0.273. The Bertz CT molecular complexity index is 558. The van der Waals surface area contributed by atoms with Crippen LogP contribution in [0.3, 0.4) is 0 Å². The van der Waals surface area contributed by atoms with Gasteiger partial charge in [-0.1, -0.05) is 6.07 Å². The molecule has 0 aromatic carbocycles. The highest BCUT2D eigenvalue weighted by Crippen LogP contribution is 2.20. The lowest BCUT2D eigenvalue weighted by atomic mass is 10.2. The van der Waals surface area contributed by atoms with Crippen LogP contribution in [-0.2, 0) is 12.2 Å². The summed E-state index contributed by atoms with van der Waals surface area (Å²) in [7, 11) is 0. The Hall–Kier alpha value is -1.49. The number of nitrogens with one attached hydrogen (secondary N) is 1. The molecule has 0 bridgehead atoms. The first-order valence-corrected chi connectivity index (χ1v) is 6.33. The normalized spacial score (nSPS) is 14.8. The van der Waals surface area contributed by atoms with Crippen LogP contribution in [0.25, 0.3) is 5.82 Å². The van der Waals surface area contributed by atoms with Crippen LogP contribution >= 0.6 is 11.8 Å². The van der Waals surface area contributed by atoms with Crippen molar-refractivity contribution in [1.29, 1.82) is 0 Å². The molecule has 4 nitrogen and oxygen atoms in total. The van der Waals surface area contributed by atoms with Crippen molar-refractivity contribution in [2.45, 2.75) is 12.2 Å². The summed E-state index contributed by atoms with van der Waals surface area (Å²) in [5.41, 5.74) is 2.01. The second-order valence-corrected chi connectivity index (χ2v) is 4.81. The fourth-order valence-corrected chi connectivity index (χ4v) is 2.86. The predicted octanol–water partition coefficient (Wildman–Crippen LogP) is 1.35. The quantitative estimate of drug-likeness (QED) is 0.809. The van der Waals surface area contributed by atoms with E-state index in [9.17, 15) is 4.79 Å². The Labute approximate surface area is 96.7 Å². The maximum atomic E-state index is 12.1. The summed E-state index contributed by atoms with van der Waals surface area (Å²) < 4.78 is 1.54. The third kappa shape index (κ3) is 1.48. The number of hydrogen-bond donors (Lipinski definition) is 1. The maximum absolute atomic E-state index is 12.1. The number of aromatic nitrogens is 3. The van der Waals surface area contributed by atoms with Gasteiger partial charge in [-0.05, 0) is 24.3 Å². The molecule has 3 rings (SSSR count). The molecular weight excluding hydrogens is 222 g/mol. The standard InChI is InChI=1S/C11H11N3OS/c15-11-8-7-16-6-4-9(8)13-14(11)10-3-1-2-5-12-10/h1-3,5,13H,4,6-7H2. The van der Waals surface area contributed by atoms with Gasteiger partial charge in [-0.3, -0.25) is 9.89 Å². The molecule has 82 valence electrons. The summed E-state index contributed by atoms with van der Waals surface area (Å²) in [6.45, 7) is 0. The molecule has 16 heavy (non-hydrogen) atoms. The second kappa shape index (κ2) is 3.83. The number of hydrogen-bond acceptors (Lipinski definition) is 3. The largest absolute Gasteiger partial charge is 0.293 e. The van der Waals surface area contributed by atoms with E-state index in [1.54, 1.807) is 18.0 Å². The zero-order valence-electron chi connectivity index (χ0n) is 8.64. The van der Waals surface area contributed by atoms with Crippen molar-refractivity contribution in [2.75, 3.05) is 5.75 Å². The van der Waals surface area contributed by atoms with Gasteiger partial charge in [-0.25, -0.2) is 9.67 Å². The van der Waals surface area contributed by atoms with Gasteiger partial charge in [-0.2, -0.15) is 11.8 Å². The highest BCUT2D eigenvalue weighted by Gasteiger charge is 2.18. The van der Waals surface area contributed by atoms with Crippen LogP contribution in [0.2, 0.25) is 0 Å². The third-order valence-corrected chi connectivity index (χ3v) is 3.68. The SMILES string of the molecule is O=c1c2c([nH]n1-c1ccccn1)CCSC2. The molecule has 5 heteroatoms. The summed E-state index contributed by atoms with van der Waals surface area (Å²) in [5, 5.41) is 3.15. The number of fused-ring (bicyclic) bond motifs is 1. The van der Waals surface area contributed by atoms with Crippen molar-refractivity contribution in [3.05, 3.63) is 46.0 Å². The molecule has 2 aromatic heterocycles. The van der Waals surface area contributed by atoms with Crippen molar-refractivity contribution in [2.24, 2.45) is 0 Å². The first-order chi connectivity index (χ1) is 7.86. The Morgan fingerprint density at radius 3 is 3.12 bits per heavy atom. The lowest BCUT2D eigenvalue weighted by molar-refractivity contribution is 0.796. The van der Waals surface area contributed by atoms with Gasteiger partial charge in [0.25, 0.3) is 5.56 Å².